The maximum Gasteiger partial charge on any atom is 0.335 e. The molecule has 0 atom stereocenters. The molecule has 0 spiro atoms. The van der Waals surface area contributed by atoms with Crippen molar-refractivity contribution in [2.24, 2.45) is 7.05 Å². The van der Waals surface area contributed by atoms with E-state index in [1.165, 1.54) is 34.8 Å². The first-order valence-corrected chi connectivity index (χ1v) is 9.77. The first-order valence-electron chi connectivity index (χ1n) is 8.33. The van der Waals surface area contributed by atoms with Crippen molar-refractivity contribution in [1.82, 2.24) is 19.0 Å². The summed E-state index contributed by atoms with van der Waals surface area (Å²) in [6.45, 7) is 2.71. The summed E-state index contributed by atoms with van der Waals surface area (Å²) in [5, 5.41) is 13.0. The van der Waals surface area contributed by atoms with Gasteiger partial charge in [-0.15, -0.1) is 0 Å². The molecule has 1 aliphatic heterocycles. The van der Waals surface area contributed by atoms with E-state index in [9.17, 15) is 18.0 Å². The summed E-state index contributed by atoms with van der Waals surface area (Å²) in [5.41, 5.74) is 1.29. The number of hydrogen-bond donors (Lipinski definition) is 1. The van der Waals surface area contributed by atoms with E-state index in [1.807, 2.05) is 6.92 Å². The fraction of sp³-hybridized carbons (Fsp3) is 0.353. The summed E-state index contributed by atoms with van der Waals surface area (Å²) in [4.78, 5) is 25.2. The Labute approximate surface area is 156 Å². The number of carbonyl (C=O) groups is 2. The molecule has 0 aliphatic carbocycles. The number of nitrogens with zero attached hydrogens (tertiary/aromatic N) is 4. The minimum atomic E-state index is -3.74. The van der Waals surface area contributed by atoms with Gasteiger partial charge in [0.05, 0.1) is 22.2 Å². The van der Waals surface area contributed by atoms with E-state index >= 15 is 0 Å². The topological polar surface area (TPSA) is 113 Å². The van der Waals surface area contributed by atoms with Crippen molar-refractivity contribution in [1.29, 1.82) is 0 Å². The highest BCUT2D eigenvalue weighted by molar-refractivity contribution is 7.89. The van der Waals surface area contributed by atoms with Gasteiger partial charge in [-0.25, -0.2) is 13.2 Å². The van der Waals surface area contributed by atoms with Crippen molar-refractivity contribution in [2.75, 3.05) is 26.2 Å². The zero-order valence-corrected chi connectivity index (χ0v) is 15.8. The molecule has 1 saturated heterocycles. The van der Waals surface area contributed by atoms with Crippen LogP contribution in [0.5, 0.6) is 0 Å². The number of hydrogen-bond acceptors (Lipinski definition) is 5. The predicted octanol–water partition coefficient (Wildman–Crippen LogP) is 0.573. The molecule has 0 bridgehead atoms. The van der Waals surface area contributed by atoms with Crippen LogP contribution in [0, 0.1) is 6.92 Å². The molecule has 2 heterocycles. The van der Waals surface area contributed by atoms with Crippen molar-refractivity contribution in [3.8, 4) is 0 Å². The Bertz CT molecular complexity index is 973. The molecule has 0 saturated carbocycles. The molecular weight excluding hydrogens is 372 g/mol. The Kier molecular flexibility index (Phi) is 5.03. The lowest BCUT2D eigenvalue weighted by Crippen LogP contribution is -2.50. The quantitative estimate of drug-likeness (QED) is 0.814. The highest BCUT2D eigenvalue weighted by Gasteiger charge is 2.31. The molecular formula is C17H20N4O5S. The number of aromatic carboxylic acids is 1. The lowest BCUT2D eigenvalue weighted by molar-refractivity contribution is 0.0689. The molecule has 0 radical (unpaired) electrons. The Morgan fingerprint density at radius 1 is 1.07 bits per heavy atom. The Hall–Kier alpha value is -2.72. The largest absolute Gasteiger partial charge is 0.478 e. The molecule has 3 rings (SSSR count). The van der Waals surface area contributed by atoms with Gasteiger partial charge in [0.2, 0.25) is 10.0 Å². The number of sulfonamides is 1. The lowest BCUT2D eigenvalue weighted by Gasteiger charge is -2.34. The van der Waals surface area contributed by atoms with Gasteiger partial charge in [0.1, 0.15) is 0 Å². The molecule has 10 heteroatoms. The highest BCUT2D eigenvalue weighted by Crippen LogP contribution is 2.19. The van der Waals surface area contributed by atoms with Crippen LogP contribution >= 0.6 is 0 Å². The van der Waals surface area contributed by atoms with Crippen LogP contribution in [-0.4, -0.2) is 70.6 Å². The number of aryl methyl sites for hydroxylation is 1. The van der Waals surface area contributed by atoms with Gasteiger partial charge in [-0.2, -0.15) is 9.40 Å². The minimum absolute atomic E-state index is 0.0243. The molecule has 1 fully saturated rings. The Morgan fingerprint density at radius 2 is 1.67 bits per heavy atom. The van der Waals surface area contributed by atoms with Gasteiger partial charge in [0.25, 0.3) is 5.91 Å². The van der Waals surface area contributed by atoms with Gasteiger partial charge in [-0.05, 0) is 31.2 Å². The number of carbonyl (C=O) groups excluding carboxylic acids is 1. The van der Waals surface area contributed by atoms with Crippen molar-refractivity contribution in [3.63, 3.8) is 0 Å². The normalized spacial score (nSPS) is 15.7. The van der Waals surface area contributed by atoms with Crippen LogP contribution in [0.15, 0.2) is 35.4 Å². The Balaban J connectivity index is 1.70. The van der Waals surface area contributed by atoms with E-state index in [4.69, 9.17) is 5.11 Å². The number of carboxylic acids is 1. The van der Waals surface area contributed by atoms with Gasteiger partial charge in [0, 0.05) is 38.9 Å². The van der Waals surface area contributed by atoms with Crippen LogP contribution in [0.3, 0.4) is 0 Å². The number of rotatable bonds is 4. The second-order valence-corrected chi connectivity index (χ2v) is 8.23. The smallest absolute Gasteiger partial charge is 0.335 e. The fourth-order valence-corrected chi connectivity index (χ4v) is 4.35. The third-order valence-corrected chi connectivity index (χ3v) is 6.64. The number of carboxylic acid groups (broad SMARTS) is 1. The molecule has 1 amide bonds. The molecule has 1 aliphatic rings. The highest BCUT2D eigenvalue weighted by atomic mass is 32.2. The second kappa shape index (κ2) is 7.12. The molecule has 1 N–H and O–H groups in total. The summed E-state index contributed by atoms with van der Waals surface area (Å²) in [5.74, 6) is -1.28. The summed E-state index contributed by atoms with van der Waals surface area (Å²) < 4.78 is 28.4. The molecule has 1 aromatic heterocycles. The summed E-state index contributed by atoms with van der Waals surface area (Å²) >= 11 is 0. The second-order valence-electron chi connectivity index (χ2n) is 6.29. The maximum absolute atomic E-state index is 12.7. The molecule has 2 aromatic rings. The van der Waals surface area contributed by atoms with Gasteiger partial charge in [0.15, 0.2) is 0 Å². The van der Waals surface area contributed by atoms with E-state index in [2.05, 4.69) is 5.10 Å². The summed E-state index contributed by atoms with van der Waals surface area (Å²) in [6, 6.07) is 5.10. The van der Waals surface area contributed by atoms with Crippen LogP contribution < -0.4 is 0 Å². The zero-order valence-electron chi connectivity index (χ0n) is 15.0. The molecule has 0 unspecified atom stereocenters. The van der Waals surface area contributed by atoms with E-state index in [1.54, 1.807) is 16.6 Å². The maximum atomic E-state index is 12.7. The first kappa shape index (κ1) is 19.1. The van der Waals surface area contributed by atoms with E-state index in [-0.39, 0.29) is 42.5 Å². The molecule has 9 nitrogen and oxygen atoms in total. The molecule has 1 aromatic carbocycles. The van der Waals surface area contributed by atoms with Crippen LogP contribution in [-0.2, 0) is 17.1 Å². The number of piperazine rings is 1. The van der Waals surface area contributed by atoms with Gasteiger partial charge in [-0.1, -0.05) is 0 Å². The van der Waals surface area contributed by atoms with Crippen LogP contribution in [0.1, 0.15) is 26.4 Å². The fourth-order valence-electron chi connectivity index (χ4n) is 2.93. The third kappa shape index (κ3) is 3.58. The monoisotopic (exact) mass is 392 g/mol. The average Bonchev–Trinajstić information content (AvgIpc) is 3.00. The van der Waals surface area contributed by atoms with Gasteiger partial charge >= 0.3 is 5.97 Å². The molecule has 27 heavy (non-hydrogen) atoms. The SMILES string of the molecule is Cc1c(C(=O)N2CCN(S(=O)(=O)c3ccc(C(=O)O)cc3)CC2)cnn1C. The van der Waals surface area contributed by atoms with E-state index in [0.717, 1.165) is 5.69 Å². The van der Waals surface area contributed by atoms with E-state index in [0.29, 0.717) is 5.56 Å². The minimum Gasteiger partial charge on any atom is -0.478 e. The van der Waals surface area contributed by atoms with Crippen molar-refractivity contribution < 1.29 is 23.1 Å². The van der Waals surface area contributed by atoms with Crippen molar-refractivity contribution in [3.05, 3.63) is 47.3 Å². The van der Waals surface area contributed by atoms with Crippen molar-refractivity contribution >= 4 is 21.9 Å². The molecule has 144 valence electrons. The first-order chi connectivity index (χ1) is 12.7. The summed E-state index contributed by atoms with van der Waals surface area (Å²) in [7, 11) is -1.98. The van der Waals surface area contributed by atoms with Crippen molar-refractivity contribution in [2.45, 2.75) is 11.8 Å². The standard InChI is InChI=1S/C17H20N4O5S/c1-12-15(11-18-19(12)2)16(22)20-7-9-21(10-8-20)27(25,26)14-5-3-13(4-6-14)17(23)24/h3-6,11H,7-10H2,1-2H3,(H,23,24). The van der Waals surface area contributed by atoms with Crippen LogP contribution in [0.2, 0.25) is 0 Å². The van der Waals surface area contributed by atoms with Gasteiger partial charge in [-0.3, -0.25) is 9.48 Å². The summed E-state index contributed by atoms with van der Waals surface area (Å²) in [6.07, 6.45) is 1.52. The zero-order chi connectivity index (χ0) is 19.8. The Morgan fingerprint density at radius 3 is 2.15 bits per heavy atom. The lowest BCUT2D eigenvalue weighted by atomic mass is 10.2. The average molecular weight is 392 g/mol. The van der Waals surface area contributed by atoms with E-state index < -0.39 is 16.0 Å². The van der Waals surface area contributed by atoms with Crippen LogP contribution in [0.4, 0.5) is 0 Å². The number of aromatic nitrogens is 2. The number of amides is 1. The van der Waals surface area contributed by atoms with Gasteiger partial charge < -0.3 is 10.0 Å². The third-order valence-electron chi connectivity index (χ3n) is 4.73. The number of benzene rings is 1. The van der Waals surface area contributed by atoms with Crippen LogP contribution in [0.25, 0.3) is 0 Å². The predicted molar refractivity (Wildman–Crippen MR) is 96.0 cm³/mol.